The molecular formula is C16H22BrNO2. The maximum Gasteiger partial charge on any atom is 0.417 e. The first-order valence-electron chi connectivity index (χ1n) is 7.01. The van der Waals surface area contributed by atoms with Crippen LogP contribution in [0.15, 0.2) is 27.4 Å². The van der Waals surface area contributed by atoms with Gasteiger partial charge in [-0.25, -0.2) is 4.79 Å². The van der Waals surface area contributed by atoms with Gasteiger partial charge in [-0.1, -0.05) is 49.7 Å². The average molecular weight is 340 g/mol. The van der Waals surface area contributed by atoms with E-state index < -0.39 is 5.76 Å². The summed E-state index contributed by atoms with van der Waals surface area (Å²) >= 11 is 3.76. The lowest BCUT2D eigenvalue weighted by molar-refractivity contribution is 0.296. The standard InChI is InChI=1S/C16H22BrNO2/c1-10(9-16(2,3)4)7-12(17)11-5-6-13-14(8-11)20-15(19)18-13/h5-6,8,10,12H,7,9H2,1-4H3,(H,18,19). The molecule has 0 radical (unpaired) electrons. The maximum atomic E-state index is 11.2. The van der Waals surface area contributed by atoms with Crippen molar-refractivity contribution in [1.29, 1.82) is 0 Å². The summed E-state index contributed by atoms with van der Waals surface area (Å²) in [5, 5.41) is 0. The van der Waals surface area contributed by atoms with E-state index in [0.29, 0.717) is 16.9 Å². The lowest BCUT2D eigenvalue weighted by Crippen LogP contribution is -2.12. The van der Waals surface area contributed by atoms with Gasteiger partial charge in [0.25, 0.3) is 0 Å². The van der Waals surface area contributed by atoms with E-state index in [-0.39, 0.29) is 4.83 Å². The van der Waals surface area contributed by atoms with Gasteiger partial charge in [0, 0.05) is 4.83 Å². The van der Waals surface area contributed by atoms with Gasteiger partial charge >= 0.3 is 5.76 Å². The third-order valence-corrected chi connectivity index (χ3v) is 4.28. The minimum atomic E-state index is -0.399. The van der Waals surface area contributed by atoms with Crippen molar-refractivity contribution < 1.29 is 4.42 Å². The molecule has 0 saturated carbocycles. The van der Waals surface area contributed by atoms with Gasteiger partial charge in [0.1, 0.15) is 0 Å². The van der Waals surface area contributed by atoms with Gasteiger partial charge in [0.15, 0.2) is 5.58 Å². The number of alkyl halides is 1. The molecule has 0 aliphatic heterocycles. The van der Waals surface area contributed by atoms with E-state index in [1.807, 2.05) is 18.2 Å². The molecule has 4 heteroatoms. The Bertz CT molecular complexity index is 636. The normalized spacial score (nSPS) is 15.4. The Kier molecular flexibility index (Phi) is 4.43. The van der Waals surface area contributed by atoms with Crippen molar-refractivity contribution in [1.82, 2.24) is 4.98 Å². The minimum absolute atomic E-state index is 0.282. The van der Waals surface area contributed by atoms with Gasteiger partial charge in [-0.3, -0.25) is 4.98 Å². The van der Waals surface area contributed by atoms with Crippen LogP contribution in [0.3, 0.4) is 0 Å². The highest BCUT2D eigenvalue weighted by Gasteiger charge is 2.19. The summed E-state index contributed by atoms with van der Waals surface area (Å²) in [6.07, 6.45) is 2.26. The summed E-state index contributed by atoms with van der Waals surface area (Å²) in [6, 6.07) is 5.88. The fraction of sp³-hybridized carbons (Fsp3) is 0.562. The second kappa shape index (κ2) is 5.76. The number of aromatic amines is 1. The Morgan fingerprint density at radius 1 is 1.35 bits per heavy atom. The topological polar surface area (TPSA) is 46.0 Å². The molecule has 2 atom stereocenters. The number of oxazole rings is 1. The summed E-state index contributed by atoms with van der Waals surface area (Å²) in [4.78, 5) is 14.1. The number of hydrogen-bond acceptors (Lipinski definition) is 2. The summed E-state index contributed by atoms with van der Waals surface area (Å²) in [5.74, 6) is 0.234. The fourth-order valence-electron chi connectivity index (χ4n) is 2.77. The second-order valence-corrected chi connectivity index (χ2v) is 7.95. The van der Waals surface area contributed by atoms with Crippen LogP contribution in [0.4, 0.5) is 0 Å². The van der Waals surface area contributed by atoms with Crippen molar-refractivity contribution >= 4 is 27.0 Å². The first kappa shape index (κ1) is 15.4. The first-order chi connectivity index (χ1) is 9.24. The van der Waals surface area contributed by atoms with Crippen molar-refractivity contribution in [3.8, 4) is 0 Å². The van der Waals surface area contributed by atoms with Gasteiger partial charge in [0.05, 0.1) is 5.52 Å². The van der Waals surface area contributed by atoms with Crippen molar-refractivity contribution in [2.75, 3.05) is 0 Å². The fourth-order valence-corrected chi connectivity index (χ4v) is 3.70. The van der Waals surface area contributed by atoms with Gasteiger partial charge in [-0.05, 0) is 41.9 Å². The number of aromatic nitrogens is 1. The molecule has 0 aliphatic rings. The van der Waals surface area contributed by atoms with Crippen LogP contribution in [-0.4, -0.2) is 4.98 Å². The molecular weight excluding hydrogens is 318 g/mol. The molecule has 20 heavy (non-hydrogen) atoms. The molecule has 3 nitrogen and oxygen atoms in total. The zero-order valence-corrected chi connectivity index (χ0v) is 14.1. The number of halogens is 1. The zero-order valence-electron chi connectivity index (χ0n) is 12.5. The molecule has 1 heterocycles. The Morgan fingerprint density at radius 2 is 2.05 bits per heavy atom. The highest BCUT2D eigenvalue weighted by atomic mass is 79.9. The summed E-state index contributed by atoms with van der Waals surface area (Å²) in [5.41, 5.74) is 2.88. The average Bonchev–Trinajstić information content (AvgIpc) is 2.64. The summed E-state index contributed by atoms with van der Waals surface area (Å²) in [6.45, 7) is 9.10. The quantitative estimate of drug-likeness (QED) is 0.795. The van der Waals surface area contributed by atoms with Crippen molar-refractivity contribution in [2.45, 2.75) is 45.4 Å². The molecule has 0 fully saturated rings. The number of nitrogens with one attached hydrogen (secondary N) is 1. The highest BCUT2D eigenvalue weighted by molar-refractivity contribution is 9.09. The van der Waals surface area contributed by atoms with E-state index in [4.69, 9.17) is 4.42 Å². The monoisotopic (exact) mass is 339 g/mol. The molecule has 0 saturated heterocycles. The smallest absolute Gasteiger partial charge is 0.408 e. The van der Waals surface area contributed by atoms with Gasteiger partial charge < -0.3 is 4.42 Å². The Morgan fingerprint density at radius 3 is 2.70 bits per heavy atom. The largest absolute Gasteiger partial charge is 0.417 e. The van der Waals surface area contributed by atoms with E-state index in [9.17, 15) is 4.79 Å². The van der Waals surface area contributed by atoms with Crippen LogP contribution in [-0.2, 0) is 0 Å². The molecule has 0 aliphatic carbocycles. The molecule has 1 aromatic heterocycles. The van der Waals surface area contributed by atoms with E-state index >= 15 is 0 Å². The molecule has 1 N–H and O–H groups in total. The van der Waals surface area contributed by atoms with E-state index in [2.05, 4.69) is 48.6 Å². The highest BCUT2D eigenvalue weighted by Crippen LogP contribution is 2.35. The number of fused-ring (bicyclic) bond motifs is 1. The van der Waals surface area contributed by atoms with Crippen molar-refractivity contribution in [3.63, 3.8) is 0 Å². The van der Waals surface area contributed by atoms with Crippen LogP contribution in [0, 0.1) is 11.3 Å². The molecule has 2 unspecified atom stereocenters. The lowest BCUT2D eigenvalue weighted by atomic mass is 9.83. The number of rotatable bonds is 4. The summed E-state index contributed by atoms with van der Waals surface area (Å²) in [7, 11) is 0. The van der Waals surface area contributed by atoms with Crippen LogP contribution in [0.1, 0.15) is 50.9 Å². The maximum absolute atomic E-state index is 11.2. The lowest BCUT2D eigenvalue weighted by Gasteiger charge is -2.24. The van der Waals surface area contributed by atoms with Crippen molar-refractivity contribution in [3.05, 3.63) is 34.3 Å². The third-order valence-electron chi connectivity index (χ3n) is 3.38. The van der Waals surface area contributed by atoms with Gasteiger partial charge in [-0.2, -0.15) is 0 Å². The molecule has 2 aromatic rings. The van der Waals surface area contributed by atoms with E-state index in [0.717, 1.165) is 17.5 Å². The first-order valence-corrected chi connectivity index (χ1v) is 7.93. The molecule has 0 bridgehead atoms. The third kappa shape index (κ3) is 3.98. The number of H-pyrrole nitrogens is 1. The van der Waals surface area contributed by atoms with Crippen LogP contribution >= 0.6 is 15.9 Å². The van der Waals surface area contributed by atoms with Gasteiger partial charge in [-0.15, -0.1) is 0 Å². The van der Waals surface area contributed by atoms with Crippen LogP contribution in [0.2, 0.25) is 0 Å². The van der Waals surface area contributed by atoms with Crippen LogP contribution in [0.25, 0.3) is 11.1 Å². The molecule has 2 rings (SSSR count). The molecule has 110 valence electrons. The number of benzene rings is 1. The Hall–Kier alpha value is -1.03. The summed E-state index contributed by atoms with van der Waals surface area (Å²) < 4.78 is 5.11. The SMILES string of the molecule is CC(CC(Br)c1ccc2[nH]c(=O)oc2c1)CC(C)(C)C. The number of hydrogen-bond donors (Lipinski definition) is 1. The minimum Gasteiger partial charge on any atom is -0.408 e. The predicted molar refractivity (Wildman–Crippen MR) is 86.4 cm³/mol. The van der Waals surface area contributed by atoms with Crippen LogP contribution in [0.5, 0.6) is 0 Å². The second-order valence-electron chi connectivity index (χ2n) is 6.84. The van der Waals surface area contributed by atoms with E-state index in [1.54, 1.807) is 0 Å². The molecule has 0 spiro atoms. The van der Waals surface area contributed by atoms with E-state index in [1.165, 1.54) is 6.42 Å². The predicted octanol–water partition coefficient (Wildman–Crippen LogP) is 5.02. The van der Waals surface area contributed by atoms with Crippen LogP contribution < -0.4 is 5.76 Å². The molecule has 0 amide bonds. The zero-order chi connectivity index (χ0) is 14.9. The Labute approximate surface area is 127 Å². The Balaban J connectivity index is 2.10. The molecule has 1 aromatic carbocycles. The van der Waals surface area contributed by atoms with Gasteiger partial charge in [0.2, 0.25) is 0 Å². The van der Waals surface area contributed by atoms with Crippen molar-refractivity contribution in [2.24, 2.45) is 11.3 Å².